The van der Waals surface area contributed by atoms with Gasteiger partial charge in [0.1, 0.15) is 0 Å². The Hall–Kier alpha value is -3.19. The van der Waals surface area contributed by atoms with Crippen molar-refractivity contribution in [1.29, 1.82) is 0 Å². The van der Waals surface area contributed by atoms with Gasteiger partial charge in [-0.25, -0.2) is 4.79 Å². The molecule has 1 heterocycles. The molecule has 0 radical (unpaired) electrons. The fourth-order valence-corrected chi connectivity index (χ4v) is 3.42. The number of nitrogens with zero attached hydrogens (tertiary/aromatic N) is 1. The van der Waals surface area contributed by atoms with Crippen LogP contribution in [0.1, 0.15) is 29.8 Å². The Morgan fingerprint density at radius 3 is 2.33 bits per heavy atom. The summed E-state index contributed by atoms with van der Waals surface area (Å²) in [7, 11) is 0. The van der Waals surface area contributed by atoms with Gasteiger partial charge in [0.15, 0.2) is 6.61 Å². The summed E-state index contributed by atoms with van der Waals surface area (Å²) in [5.74, 6) is -1.17. The van der Waals surface area contributed by atoms with E-state index in [0.29, 0.717) is 18.8 Å². The van der Waals surface area contributed by atoms with Crippen molar-refractivity contribution in [3.05, 3.63) is 65.7 Å². The van der Waals surface area contributed by atoms with Crippen LogP contribution >= 0.6 is 0 Å². The molecule has 1 saturated heterocycles. The van der Waals surface area contributed by atoms with Gasteiger partial charge in [-0.3, -0.25) is 9.59 Å². The molecule has 0 aromatic heterocycles. The van der Waals surface area contributed by atoms with E-state index in [1.165, 1.54) is 0 Å². The second-order valence-electron chi connectivity index (χ2n) is 7.39. The molecule has 2 unspecified atom stereocenters. The number of hydrogen-bond donors (Lipinski definition) is 1. The number of amides is 2. The summed E-state index contributed by atoms with van der Waals surface area (Å²) in [6.45, 7) is 4.37. The molecule has 2 amide bonds. The molecule has 30 heavy (non-hydrogen) atoms. The number of hydrogen-bond acceptors (Lipinski definition) is 5. The summed E-state index contributed by atoms with van der Waals surface area (Å²) in [5, 5.41) is 2.75. The highest BCUT2D eigenvalue weighted by atomic mass is 16.5. The van der Waals surface area contributed by atoms with E-state index in [0.717, 1.165) is 5.56 Å². The minimum Gasteiger partial charge on any atom is -0.452 e. The van der Waals surface area contributed by atoms with Crippen LogP contribution in [-0.2, 0) is 25.5 Å². The van der Waals surface area contributed by atoms with Crippen LogP contribution in [-0.4, -0.2) is 54.6 Å². The number of ether oxygens (including phenoxy) is 2. The van der Waals surface area contributed by atoms with Crippen LogP contribution in [0.2, 0.25) is 0 Å². The third-order valence-corrected chi connectivity index (χ3v) is 4.73. The first-order valence-electron chi connectivity index (χ1n) is 9.95. The lowest BCUT2D eigenvalue weighted by Gasteiger charge is -2.35. The maximum atomic E-state index is 12.6. The Labute approximate surface area is 176 Å². The highest BCUT2D eigenvalue weighted by Crippen LogP contribution is 2.17. The van der Waals surface area contributed by atoms with Crippen LogP contribution < -0.4 is 5.32 Å². The smallest absolute Gasteiger partial charge is 0.340 e. The second-order valence-corrected chi connectivity index (χ2v) is 7.39. The van der Waals surface area contributed by atoms with E-state index in [4.69, 9.17) is 9.47 Å². The van der Waals surface area contributed by atoms with Crippen molar-refractivity contribution in [3.8, 4) is 0 Å². The van der Waals surface area contributed by atoms with Gasteiger partial charge in [-0.1, -0.05) is 42.5 Å². The van der Waals surface area contributed by atoms with E-state index in [1.54, 1.807) is 29.2 Å². The first-order valence-corrected chi connectivity index (χ1v) is 9.95. The van der Waals surface area contributed by atoms with Crippen molar-refractivity contribution in [2.75, 3.05) is 25.0 Å². The van der Waals surface area contributed by atoms with E-state index in [-0.39, 0.29) is 42.6 Å². The monoisotopic (exact) mass is 410 g/mol. The van der Waals surface area contributed by atoms with Gasteiger partial charge in [-0.05, 0) is 31.5 Å². The number of benzene rings is 2. The highest BCUT2D eigenvalue weighted by molar-refractivity contribution is 6.02. The average Bonchev–Trinajstić information content (AvgIpc) is 2.72. The third kappa shape index (κ3) is 5.90. The van der Waals surface area contributed by atoms with Crippen LogP contribution in [0.25, 0.3) is 0 Å². The van der Waals surface area contributed by atoms with Gasteiger partial charge in [0, 0.05) is 13.1 Å². The predicted molar refractivity (Wildman–Crippen MR) is 112 cm³/mol. The van der Waals surface area contributed by atoms with Crippen LogP contribution in [0, 0.1) is 0 Å². The largest absolute Gasteiger partial charge is 0.452 e. The van der Waals surface area contributed by atoms with Crippen LogP contribution in [0.15, 0.2) is 54.6 Å². The Kier molecular flexibility index (Phi) is 7.19. The molecular formula is C23H26N2O5. The van der Waals surface area contributed by atoms with E-state index in [9.17, 15) is 14.4 Å². The van der Waals surface area contributed by atoms with Crippen molar-refractivity contribution in [3.63, 3.8) is 0 Å². The van der Waals surface area contributed by atoms with Gasteiger partial charge in [0.25, 0.3) is 5.91 Å². The molecule has 7 heteroatoms. The molecule has 1 aliphatic heterocycles. The number of para-hydroxylation sites is 1. The highest BCUT2D eigenvalue weighted by Gasteiger charge is 2.26. The van der Waals surface area contributed by atoms with Gasteiger partial charge in [0.2, 0.25) is 5.91 Å². The molecule has 2 aromatic carbocycles. The zero-order chi connectivity index (χ0) is 21.5. The Morgan fingerprint density at radius 1 is 1.00 bits per heavy atom. The van der Waals surface area contributed by atoms with E-state index >= 15 is 0 Å². The quantitative estimate of drug-likeness (QED) is 0.740. The fourth-order valence-electron chi connectivity index (χ4n) is 3.42. The molecule has 2 aromatic rings. The molecule has 1 N–H and O–H groups in total. The summed E-state index contributed by atoms with van der Waals surface area (Å²) in [5.41, 5.74) is 1.43. The number of carbonyl (C=O) groups excluding carboxylic acids is 3. The maximum absolute atomic E-state index is 12.6. The van der Waals surface area contributed by atoms with Crippen LogP contribution in [0.3, 0.4) is 0 Å². The number of esters is 1. The van der Waals surface area contributed by atoms with Gasteiger partial charge in [-0.15, -0.1) is 0 Å². The molecule has 2 atom stereocenters. The predicted octanol–water partition coefficient (Wildman–Crippen LogP) is 2.66. The molecule has 1 aliphatic rings. The lowest BCUT2D eigenvalue weighted by molar-refractivity contribution is -0.146. The first kappa shape index (κ1) is 21.5. The maximum Gasteiger partial charge on any atom is 0.340 e. The Balaban J connectivity index is 1.58. The number of nitrogens with one attached hydrogen (secondary N) is 1. The normalized spacial score (nSPS) is 18.5. The number of anilines is 1. The number of carbonyl (C=O) groups is 3. The zero-order valence-electron chi connectivity index (χ0n) is 17.2. The van der Waals surface area contributed by atoms with Crippen molar-refractivity contribution in [2.45, 2.75) is 32.5 Å². The first-order chi connectivity index (χ1) is 14.4. The topological polar surface area (TPSA) is 84.9 Å². The van der Waals surface area contributed by atoms with Crippen LogP contribution in [0.4, 0.5) is 5.69 Å². The van der Waals surface area contributed by atoms with E-state index < -0.39 is 5.97 Å². The molecule has 0 aliphatic carbocycles. The molecule has 0 bridgehead atoms. The summed E-state index contributed by atoms with van der Waals surface area (Å²) in [4.78, 5) is 39.0. The van der Waals surface area contributed by atoms with Crippen molar-refractivity contribution >= 4 is 23.5 Å². The summed E-state index contributed by atoms with van der Waals surface area (Å²) in [6.07, 6.45) is 0.0683. The van der Waals surface area contributed by atoms with Crippen LogP contribution in [0.5, 0.6) is 0 Å². The second kappa shape index (κ2) is 10.0. The zero-order valence-corrected chi connectivity index (χ0v) is 17.2. The molecule has 0 saturated carbocycles. The van der Waals surface area contributed by atoms with Crippen molar-refractivity contribution in [2.24, 2.45) is 0 Å². The molecule has 7 nitrogen and oxygen atoms in total. The average molecular weight is 410 g/mol. The standard InChI is InChI=1S/C23H26N2O5/c1-16-13-25(14-17(2)30-16)22(27)15-29-23(28)19-10-6-7-11-20(19)24-21(26)12-18-8-4-3-5-9-18/h3-11,16-17H,12-15H2,1-2H3,(H,24,26). The molecule has 3 rings (SSSR count). The van der Waals surface area contributed by atoms with Gasteiger partial charge >= 0.3 is 5.97 Å². The van der Waals surface area contributed by atoms with Gasteiger partial charge < -0.3 is 19.7 Å². The summed E-state index contributed by atoms with van der Waals surface area (Å²) < 4.78 is 10.8. The SMILES string of the molecule is CC1CN(C(=O)COC(=O)c2ccccc2NC(=O)Cc2ccccc2)CC(C)O1. The lowest BCUT2D eigenvalue weighted by Crippen LogP contribution is -2.49. The lowest BCUT2D eigenvalue weighted by atomic mass is 10.1. The third-order valence-electron chi connectivity index (χ3n) is 4.73. The minimum absolute atomic E-state index is 0.0612. The summed E-state index contributed by atoms with van der Waals surface area (Å²) in [6, 6.07) is 15.9. The minimum atomic E-state index is -0.659. The van der Waals surface area contributed by atoms with E-state index in [2.05, 4.69) is 5.32 Å². The molecular weight excluding hydrogens is 384 g/mol. The van der Waals surface area contributed by atoms with E-state index in [1.807, 2.05) is 44.2 Å². The molecule has 0 spiro atoms. The van der Waals surface area contributed by atoms with Gasteiger partial charge in [0.05, 0.1) is 29.9 Å². The van der Waals surface area contributed by atoms with Crippen molar-refractivity contribution in [1.82, 2.24) is 4.90 Å². The Bertz CT molecular complexity index is 889. The molecule has 158 valence electrons. The fraction of sp³-hybridized carbons (Fsp3) is 0.348. The van der Waals surface area contributed by atoms with Gasteiger partial charge in [-0.2, -0.15) is 0 Å². The number of morpholine rings is 1. The Morgan fingerprint density at radius 2 is 1.63 bits per heavy atom. The number of rotatable bonds is 6. The summed E-state index contributed by atoms with van der Waals surface area (Å²) >= 11 is 0. The molecule has 1 fully saturated rings. The van der Waals surface area contributed by atoms with Crippen molar-refractivity contribution < 1.29 is 23.9 Å².